The SMILES string of the molecule is COc1ccccc1NC(=O)c1cn2c3c(cccc3c1=O)C[C@H]2C. The third-order valence-electron chi connectivity index (χ3n) is 4.73. The maximum Gasteiger partial charge on any atom is 0.261 e. The van der Waals surface area contributed by atoms with E-state index in [1.165, 1.54) is 0 Å². The minimum Gasteiger partial charge on any atom is -0.495 e. The van der Waals surface area contributed by atoms with Gasteiger partial charge in [0.1, 0.15) is 11.3 Å². The first-order chi connectivity index (χ1) is 12.1. The van der Waals surface area contributed by atoms with E-state index in [4.69, 9.17) is 4.74 Å². The van der Waals surface area contributed by atoms with Gasteiger partial charge < -0.3 is 14.6 Å². The highest BCUT2D eigenvalue weighted by Gasteiger charge is 2.24. The minimum atomic E-state index is -0.426. The van der Waals surface area contributed by atoms with E-state index in [1.807, 2.05) is 22.8 Å². The van der Waals surface area contributed by atoms with E-state index in [2.05, 4.69) is 12.2 Å². The van der Waals surface area contributed by atoms with E-state index in [0.29, 0.717) is 16.8 Å². The highest BCUT2D eigenvalue weighted by Crippen LogP contribution is 2.31. The Bertz CT molecular complexity index is 1050. The molecule has 0 fully saturated rings. The van der Waals surface area contributed by atoms with Gasteiger partial charge in [-0.2, -0.15) is 0 Å². The second-order valence-corrected chi connectivity index (χ2v) is 6.30. The summed E-state index contributed by atoms with van der Waals surface area (Å²) in [6, 6.07) is 13.1. The van der Waals surface area contributed by atoms with E-state index in [9.17, 15) is 9.59 Å². The molecule has 0 bridgehead atoms. The molecule has 1 aliphatic heterocycles. The highest BCUT2D eigenvalue weighted by atomic mass is 16.5. The molecule has 1 amide bonds. The number of amides is 1. The van der Waals surface area contributed by atoms with Gasteiger partial charge in [0.15, 0.2) is 0 Å². The van der Waals surface area contributed by atoms with Gasteiger partial charge in [0.2, 0.25) is 5.43 Å². The van der Waals surface area contributed by atoms with Crippen LogP contribution in [0.2, 0.25) is 0 Å². The van der Waals surface area contributed by atoms with Gasteiger partial charge >= 0.3 is 0 Å². The number of methoxy groups -OCH3 is 1. The maximum atomic E-state index is 12.8. The molecule has 2 heterocycles. The fraction of sp³-hybridized carbons (Fsp3) is 0.200. The number of nitrogens with one attached hydrogen (secondary N) is 1. The third kappa shape index (κ3) is 2.39. The Kier molecular flexibility index (Phi) is 3.57. The third-order valence-corrected chi connectivity index (χ3v) is 4.73. The zero-order valence-electron chi connectivity index (χ0n) is 14.1. The standard InChI is InChI=1S/C20H18N2O3/c1-12-10-13-6-5-7-14-18(13)22(12)11-15(19(14)23)20(24)21-16-8-3-4-9-17(16)25-2/h3-9,11-12H,10H2,1-2H3,(H,21,24)/t12-/m1/s1. The normalized spacial score (nSPS) is 15.4. The van der Waals surface area contributed by atoms with E-state index in [0.717, 1.165) is 17.5 Å². The molecule has 1 N–H and O–H groups in total. The second kappa shape index (κ2) is 5.77. The molecule has 0 saturated heterocycles. The Morgan fingerprint density at radius 2 is 2.00 bits per heavy atom. The lowest BCUT2D eigenvalue weighted by Gasteiger charge is -2.13. The Morgan fingerprint density at radius 1 is 1.20 bits per heavy atom. The summed E-state index contributed by atoms with van der Waals surface area (Å²) in [4.78, 5) is 25.6. The first-order valence-electron chi connectivity index (χ1n) is 8.21. The fourth-order valence-corrected chi connectivity index (χ4v) is 3.52. The number of rotatable bonds is 3. The molecule has 0 unspecified atom stereocenters. The highest BCUT2D eigenvalue weighted by molar-refractivity contribution is 6.06. The fourth-order valence-electron chi connectivity index (χ4n) is 3.52. The maximum absolute atomic E-state index is 12.8. The van der Waals surface area contributed by atoms with Crippen LogP contribution in [-0.4, -0.2) is 17.6 Å². The van der Waals surface area contributed by atoms with Gasteiger partial charge in [-0.05, 0) is 37.1 Å². The Morgan fingerprint density at radius 3 is 2.80 bits per heavy atom. The zero-order valence-corrected chi connectivity index (χ0v) is 14.1. The smallest absolute Gasteiger partial charge is 0.261 e. The van der Waals surface area contributed by atoms with Crippen LogP contribution < -0.4 is 15.5 Å². The van der Waals surface area contributed by atoms with Crippen molar-refractivity contribution in [2.75, 3.05) is 12.4 Å². The summed E-state index contributed by atoms with van der Waals surface area (Å²) in [5.41, 5.74) is 2.53. The largest absolute Gasteiger partial charge is 0.495 e. The lowest BCUT2D eigenvalue weighted by Crippen LogP contribution is -2.24. The van der Waals surface area contributed by atoms with Gasteiger partial charge in [-0.25, -0.2) is 0 Å². The first kappa shape index (κ1) is 15.4. The predicted octanol–water partition coefficient (Wildman–Crippen LogP) is 3.38. The van der Waals surface area contributed by atoms with E-state index in [-0.39, 0.29) is 17.0 Å². The summed E-state index contributed by atoms with van der Waals surface area (Å²) in [6.07, 6.45) is 2.55. The van der Waals surface area contributed by atoms with Gasteiger partial charge in [-0.3, -0.25) is 9.59 Å². The van der Waals surface area contributed by atoms with Crippen molar-refractivity contribution in [3.05, 3.63) is 70.0 Å². The van der Waals surface area contributed by atoms with Crippen molar-refractivity contribution in [1.29, 1.82) is 0 Å². The van der Waals surface area contributed by atoms with Crippen LogP contribution in [0.25, 0.3) is 10.9 Å². The van der Waals surface area contributed by atoms with Gasteiger partial charge in [-0.15, -0.1) is 0 Å². The molecule has 4 rings (SSSR count). The molecule has 0 aliphatic carbocycles. The number of hydrogen-bond donors (Lipinski definition) is 1. The van der Waals surface area contributed by atoms with Crippen molar-refractivity contribution in [1.82, 2.24) is 4.57 Å². The molecular formula is C20H18N2O3. The lowest BCUT2D eigenvalue weighted by atomic mass is 10.1. The van der Waals surface area contributed by atoms with Crippen LogP contribution >= 0.6 is 0 Å². The number of carbonyl (C=O) groups is 1. The molecule has 5 heteroatoms. The van der Waals surface area contributed by atoms with Crippen LogP contribution in [0.5, 0.6) is 5.75 Å². The number of carbonyl (C=O) groups excluding carboxylic acids is 1. The van der Waals surface area contributed by atoms with Crippen LogP contribution in [0.15, 0.2) is 53.5 Å². The molecule has 3 aromatic rings. The number of para-hydroxylation sites is 3. The Labute approximate surface area is 144 Å². The first-order valence-corrected chi connectivity index (χ1v) is 8.21. The molecular weight excluding hydrogens is 316 g/mol. The van der Waals surface area contributed by atoms with Crippen molar-refractivity contribution >= 4 is 22.5 Å². The van der Waals surface area contributed by atoms with Crippen molar-refractivity contribution in [2.24, 2.45) is 0 Å². The van der Waals surface area contributed by atoms with E-state index < -0.39 is 5.91 Å². The quantitative estimate of drug-likeness (QED) is 0.799. The summed E-state index contributed by atoms with van der Waals surface area (Å²) >= 11 is 0. The summed E-state index contributed by atoms with van der Waals surface area (Å²) in [5, 5.41) is 3.38. The molecule has 2 aromatic carbocycles. The van der Waals surface area contributed by atoms with Crippen molar-refractivity contribution in [2.45, 2.75) is 19.4 Å². The van der Waals surface area contributed by atoms with Crippen LogP contribution in [0.4, 0.5) is 5.69 Å². The molecule has 25 heavy (non-hydrogen) atoms. The van der Waals surface area contributed by atoms with E-state index in [1.54, 1.807) is 37.6 Å². The molecule has 0 saturated carbocycles. The average Bonchev–Trinajstić information content (AvgIpc) is 2.94. The van der Waals surface area contributed by atoms with Gasteiger partial charge in [-0.1, -0.05) is 24.3 Å². The number of nitrogens with zero attached hydrogens (tertiary/aromatic N) is 1. The summed E-state index contributed by atoms with van der Waals surface area (Å²) in [6.45, 7) is 2.09. The Hall–Kier alpha value is -3.08. The number of ether oxygens (including phenoxy) is 1. The Balaban J connectivity index is 1.82. The van der Waals surface area contributed by atoms with Crippen LogP contribution in [0.3, 0.4) is 0 Å². The van der Waals surface area contributed by atoms with Crippen molar-refractivity contribution in [3.63, 3.8) is 0 Å². The number of aromatic nitrogens is 1. The van der Waals surface area contributed by atoms with E-state index >= 15 is 0 Å². The molecule has 0 radical (unpaired) electrons. The summed E-state index contributed by atoms with van der Waals surface area (Å²) in [7, 11) is 1.54. The lowest BCUT2D eigenvalue weighted by molar-refractivity contribution is 0.102. The topological polar surface area (TPSA) is 60.3 Å². The van der Waals surface area contributed by atoms with Gasteiger partial charge in [0.05, 0.1) is 18.3 Å². The predicted molar refractivity (Wildman–Crippen MR) is 97.6 cm³/mol. The van der Waals surface area contributed by atoms with Crippen molar-refractivity contribution in [3.8, 4) is 5.75 Å². The molecule has 126 valence electrons. The van der Waals surface area contributed by atoms with Crippen LogP contribution in [0, 0.1) is 0 Å². The molecule has 5 nitrogen and oxygen atoms in total. The molecule has 0 spiro atoms. The molecule has 1 atom stereocenters. The zero-order chi connectivity index (χ0) is 17.6. The van der Waals surface area contributed by atoms with Crippen molar-refractivity contribution < 1.29 is 9.53 Å². The number of benzene rings is 2. The van der Waals surface area contributed by atoms with Crippen LogP contribution in [-0.2, 0) is 6.42 Å². The number of hydrogen-bond acceptors (Lipinski definition) is 3. The minimum absolute atomic E-state index is 0.143. The second-order valence-electron chi connectivity index (χ2n) is 6.30. The monoisotopic (exact) mass is 334 g/mol. The van der Waals surface area contributed by atoms with Crippen LogP contribution in [0.1, 0.15) is 28.9 Å². The summed E-state index contributed by atoms with van der Waals surface area (Å²) in [5.74, 6) is 0.126. The molecule has 1 aliphatic rings. The molecule has 1 aromatic heterocycles. The average molecular weight is 334 g/mol. The van der Waals surface area contributed by atoms with Gasteiger partial charge in [0, 0.05) is 17.6 Å². The number of pyridine rings is 1. The summed E-state index contributed by atoms with van der Waals surface area (Å²) < 4.78 is 7.29. The van der Waals surface area contributed by atoms with Gasteiger partial charge in [0.25, 0.3) is 5.91 Å². The number of anilines is 1.